The number of hydrogen-bond acceptors (Lipinski definition) is 8. The Kier molecular flexibility index (Phi) is 6.25. The first-order chi connectivity index (χ1) is 17.1. The third-order valence-electron chi connectivity index (χ3n) is 5.37. The molecule has 180 valence electrons. The Hall–Kier alpha value is -4.47. The van der Waals surface area contributed by atoms with E-state index < -0.39 is 5.91 Å². The number of nitrogens with one attached hydrogen (secondary N) is 2. The van der Waals surface area contributed by atoms with E-state index >= 15 is 0 Å². The number of carbonyl (C=O) groups is 2. The number of benzene rings is 2. The van der Waals surface area contributed by atoms with Crippen LogP contribution in [-0.2, 0) is 13.1 Å². The fraction of sp³-hybridized carbons (Fsp3) is 0.240. The first kappa shape index (κ1) is 22.3. The van der Waals surface area contributed by atoms with Crippen LogP contribution in [0.5, 0.6) is 28.9 Å². The van der Waals surface area contributed by atoms with Crippen LogP contribution in [0.25, 0.3) is 0 Å². The van der Waals surface area contributed by atoms with Gasteiger partial charge in [-0.1, -0.05) is 12.1 Å². The summed E-state index contributed by atoms with van der Waals surface area (Å²) >= 11 is 0. The molecule has 2 aliphatic heterocycles. The van der Waals surface area contributed by atoms with Gasteiger partial charge in [0, 0.05) is 24.7 Å². The van der Waals surface area contributed by atoms with Crippen molar-refractivity contribution in [3.05, 3.63) is 70.9 Å². The minimum atomic E-state index is -0.436. The summed E-state index contributed by atoms with van der Waals surface area (Å²) in [4.78, 5) is 29.9. The van der Waals surface area contributed by atoms with Gasteiger partial charge in [0.05, 0.1) is 6.61 Å². The number of pyridine rings is 1. The highest BCUT2D eigenvalue weighted by Crippen LogP contribution is 2.33. The second-order valence-corrected chi connectivity index (χ2v) is 7.75. The molecule has 0 radical (unpaired) electrons. The standard InChI is InChI=1S/C25H23N3O7/c1-2-31-23-10-17(24(29)26-11-15-3-5-19-21(7-15)34-13-32-19)9-18(28-23)25(30)27-12-16-4-6-20-22(8-16)35-14-33-20/h3-10H,2,11-14H2,1H3,(H,26,29)(H,27,30). The lowest BCUT2D eigenvalue weighted by molar-refractivity contribution is 0.0944. The summed E-state index contributed by atoms with van der Waals surface area (Å²) in [6, 6.07) is 13.8. The van der Waals surface area contributed by atoms with Crippen molar-refractivity contribution in [1.82, 2.24) is 15.6 Å². The van der Waals surface area contributed by atoms with Crippen LogP contribution in [0.2, 0.25) is 0 Å². The maximum atomic E-state index is 12.9. The molecule has 0 saturated carbocycles. The van der Waals surface area contributed by atoms with E-state index in [0.717, 1.165) is 11.1 Å². The van der Waals surface area contributed by atoms with E-state index in [-0.39, 0.29) is 49.7 Å². The number of rotatable bonds is 8. The molecule has 2 amide bonds. The quantitative estimate of drug-likeness (QED) is 0.509. The van der Waals surface area contributed by atoms with E-state index in [9.17, 15) is 9.59 Å². The molecule has 0 bridgehead atoms. The molecule has 3 heterocycles. The van der Waals surface area contributed by atoms with E-state index in [1.807, 2.05) is 24.3 Å². The largest absolute Gasteiger partial charge is 0.478 e. The van der Waals surface area contributed by atoms with Crippen molar-refractivity contribution < 1.29 is 33.3 Å². The Morgan fingerprint density at radius 3 is 1.97 bits per heavy atom. The lowest BCUT2D eigenvalue weighted by Gasteiger charge is -2.11. The third-order valence-corrected chi connectivity index (χ3v) is 5.37. The van der Waals surface area contributed by atoms with Gasteiger partial charge in [-0.05, 0) is 48.4 Å². The second-order valence-electron chi connectivity index (χ2n) is 7.75. The van der Waals surface area contributed by atoms with Crippen molar-refractivity contribution in [3.63, 3.8) is 0 Å². The van der Waals surface area contributed by atoms with Gasteiger partial charge in [0.2, 0.25) is 19.5 Å². The van der Waals surface area contributed by atoms with Crippen LogP contribution in [0.1, 0.15) is 38.9 Å². The van der Waals surface area contributed by atoms with E-state index in [4.69, 9.17) is 23.7 Å². The predicted octanol–water partition coefficient (Wildman–Crippen LogP) is 2.80. The van der Waals surface area contributed by atoms with Gasteiger partial charge in [0.15, 0.2) is 23.0 Å². The number of ether oxygens (including phenoxy) is 5. The molecule has 2 aliphatic rings. The average molecular weight is 477 g/mol. The van der Waals surface area contributed by atoms with Crippen molar-refractivity contribution in [3.8, 4) is 28.9 Å². The highest BCUT2D eigenvalue weighted by atomic mass is 16.7. The zero-order valence-electron chi connectivity index (χ0n) is 19.0. The predicted molar refractivity (Wildman–Crippen MR) is 123 cm³/mol. The van der Waals surface area contributed by atoms with Gasteiger partial charge in [0.1, 0.15) is 5.69 Å². The van der Waals surface area contributed by atoms with Crippen molar-refractivity contribution in [2.24, 2.45) is 0 Å². The molecule has 0 unspecified atom stereocenters. The smallest absolute Gasteiger partial charge is 0.270 e. The average Bonchev–Trinajstić information content (AvgIpc) is 3.54. The molecule has 2 N–H and O–H groups in total. The molecule has 0 atom stereocenters. The van der Waals surface area contributed by atoms with Crippen molar-refractivity contribution in [2.45, 2.75) is 20.0 Å². The van der Waals surface area contributed by atoms with E-state index in [0.29, 0.717) is 29.6 Å². The minimum Gasteiger partial charge on any atom is -0.478 e. The second kappa shape index (κ2) is 9.80. The molecule has 0 spiro atoms. The fourth-order valence-corrected chi connectivity index (χ4v) is 3.63. The molecule has 10 nitrogen and oxygen atoms in total. The summed E-state index contributed by atoms with van der Waals surface area (Å²) in [7, 11) is 0. The lowest BCUT2D eigenvalue weighted by Crippen LogP contribution is -2.26. The molecule has 3 aromatic rings. The number of fused-ring (bicyclic) bond motifs is 2. The fourth-order valence-electron chi connectivity index (χ4n) is 3.63. The van der Waals surface area contributed by atoms with Crippen LogP contribution < -0.4 is 34.3 Å². The van der Waals surface area contributed by atoms with Crippen molar-refractivity contribution >= 4 is 11.8 Å². The van der Waals surface area contributed by atoms with Crippen LogP contribution in [-0.4, -0.2) is 37.0 Å². The summed E-state index contributed by atoms with van der Waals surface area (Å²) in [5, 5.41) is 5.66. The van der Waals surface area contributed by atoms with Crippen LogP contribution >= 0.6 is 0 Å². The minimum absolute atomic E-state index is 0.0740. The molecular weight excluding hydrogens is 454 g/mol. The Morgan fingerprint density at radius 2 is 1.37 bits per heavy atom. The SMILES string of the molecule is CCOc1cc(C(=O)NCc2ccc3c(c2)OCO3)cc(C(=O)NCc2ccc3c(c2)OCO3)n1. The van der Waals surface area contributed by atoms with Gasteiger partial charge in [-0.25, -0.2) is 4.98 Å². The number of carbonyl (C=O) groups excluding carboxylic acids is 2. The first-order valence-electron chi connectivity index (χ1n) is 11.1. The maximum absolute atomic E-state index is 12.9. The van der Waals surface area contributed by atoms with Gasteiger partial charge in [-0.15, -0.1) is 0 Å². The van der Waals surface area contributed by atoms with Crippen LogP contribution in [0.15, 0.2) is 48.5 Å². The maximum Gasteiger partial charge on any atom is 0.270 e. The van der Waals surface area contributed by atoms with Crippen molar-refractivity contribution in [1.29, 1.82) is 0 Å². The zero-order valence-corrected chi connectivity index (χ0v) is 19.0. The molecule has 10 heteroatoms. The molecule has 2 aromatic carbocycles. The molecule has 0 fully saturated rings. The van der Waals surface area contributed by atoms with Gasteiger partial charge >= 0.3 is 0 Å². The molecule has 1 aromatic heterocycles. The molecule has 35 heavy (non-hydrogen) atoms. The summed E-state index contributed by atoms with van der Waals surface area (Å²) in [6.45, 7) is 3.02. The summed E-state index contributed by atoms with van der Waals surface area (Å²) in [5.41, 5.74) is 2.02. The Morgan fingerprint density at radius 1 is 0.800 bits per heavy atom. The summed E-state index contributed by atoms with van der Waals surface area (Å²) in [6.07, 6.45) is 0. The molecular formula is C25H23N3O7. The molecule has 0 aliphatic carbocycles. The van der Waals surface area contributed by atoms with Gasteiger partial charge in [-0.2, -0.15) is 0 Å². The summed E-state index contributed by atoms with van der Waals surface area (Å²) in [5.74, 6) is 2.01. The van der Waals surface area contributed by atoms with Crippen LogP contribution in [0, 0.1) is 0 Å². The zero-order chi connectivity index (χ0) is 24.2. The highest BCUT2D eigenvalue weighted by Gasteiger charge is 2.18. The number of aromatic nitrogens is 1. The van der Waals surface area contributed by atoms with Crippen LogP contribution in [0.3, 0.4) is 0 Å². The lowest BCUT2D eigenvalue weighted by atomic mass is 10.1. The Bertz CT molecular complexity index is 1190. The first-order valence-corrected chi connectivity index (χ1v) is 11.1. The monoisotopic (exact) mass is 477 g/mol. The number of nitrogens with zero attached hydrogens (tertiary/aromatic N) is 1. The third kappa shape index (κ3) is 5.06. The van der Waals surface area contributed by atoms with Crippen molar-refractivity contribution in [2.75, 3.05) is 20.2 Å². The Labute approximate surface area is 201 Å². The number of hydrogen-bond donors (Lipinski definition) is 2. The summed E-state index contributed by atoms with van der Waals surface area (Å²) < 4.78 is 26.8. The topological polar surface area (TPSA) is 117 Å². The van der Waals surface area contributed by atoms with Gasteiger partial charge in [0.25, 0.3) is 11.8 Å². The molecule has 0 saturated heterocycles. The van der Waals surface area contributed by atoms with Crippen LogP contribution in [0.4, 0.5) is 0 Å². The highest BCUT2D eigenvalue weighted by molar-refractivity contribution is 5.98. The normalized spacial score (nSPS) is 12.8. The van der Waals surface area contributed by atoms with E-state index in [1.54, 1.807) is 19.1 Å². The van der Waals surface area contributed by atoms with E-state index in [2.05, 4.69) is 15.6 Å². The molecule has 5 rings (SSSR count). The Balaban J connectivity index is 1.26. The van der Waals surface area contributed by atoms with Gasteiger partial charge in [-0.3, -0.25) is 9.59 Å². The van der Waals surface area contributed by atoms with E-state index in [1.165, 1.54) is 12.1 Å². The number of amides is 2. The van der Waals surface area contributed by atoms with Gasteiger partial charge < -0.3 is 34.3 Å².